The van der Waals surface area contributed by atoms with Crippen LogP contribution in [0.4, 0.5) is 0 Å². The van der Waals surface area contributed by atoms with E-state index in [0.717, 1.165) is 36.2 Å². The van der Waals surface area contributed by atoms with Gasteiger partial charge in [-0.25, -0.2) is 4.98 Å². The summed E-state index contributed by atoms with van der Waals surface area (Å²) in [4.78, 5) is 20.6. The van der Waals surface area contributed by atoms with E-state index >= 15 is 0 Å². The summed E-state index contributed by atoms with van der Waals surface area (Å²) in [6.45, 7) is 0.566. The Labute approximate surface area is 162 Å². The van der Waals surface area contributed by atoms with Crippen LogP contribution in [0.15, 0.2) is 48.1 Å². The van der Waals surface area contributed by atoms with Gasteiger partial charge in [0.05, 0.1) is 5.60 Å². The molecule has 0 bridgehead atoms. The van der Waals surface area contributed by atoms with Gasteiger partial charge < -0.3 is 10.0 Å². The maximum atomic E-state index is 13.2. The molecule has 27 heavy (non-hydrogen) atoms. The maximum Gasteiger partial charge on any atom is 0.274 e. The number of carbonyl (C=O) groups excluding carboxylic acids is 1. The third-order valence-electron chi connectivity index (χ3n) is 6.32. The third kappa shape index (κ3) is 2.70. The molecule has 2 aliphatic rings. The van der Waals surface area contributed by atoms with Crippen molar-refractivity contribution in [2.24, 2.45) is 5.92 Å². The number of thiazole rings is 1. The number of rotatable bonds is 2. The van der Waals surface area contributed by atoms with Gasteiger partial charge in [0.1, 0.15) is 5.69 Å². The number of fused-ring (bicyclic) bond motifs is 2. The molecule has 1 aromatic carbocycles. The molecule has 1 aliphatic heterocycles. The Kier molecular flexibility index (Phi) is 4.06. The molecule has 1 amide bonds. The van der Waals surface area contributed by atoms with Gasteiger partial charge in [-0.2, -0.15) is 0 Å². The van der Waals surface area contributed by atoms with E-state index < -0.39 is 5.60 Å². The molecule has 3 aromatic rings. The van der Waals surface area contributed by atoms with Gasteiger partial charge in [-0.3, -0.25) is 9.20 Å². The molecule has 140 valence electrons. The molecule has 3 atom stereocenters. The summed E-state index contributed by atoms with van der Waals surface area (Å²) in [6.07, 6.45) is 8.45. The fourth-order valence-corrected chi connectivity index (χ4v) is 5.70. The Hall–Kier alpha value is -2.18. The summed E-state index contributed by atoms with van der Waals surface area (Å²) in [5, 5.41) is 13.6. The molecule has 1 N–H and O–H groups in total. The highest BCUT2D eigenvalue weighted by Crippen LogP contribution is 2.47. The van der Waals surface area contributed by atoms with E-state index in [9.17, 15) is 9.90 Å². The Morgan fingerprint density at radius 2 is 2.04 bits per heavy atom. The van der Waals surface area contributed by atoms with E-state index in [1.54, 1.807) is 0 Å². The van der Waals surface area contributed by atoms with E-state index in [4.69, 9.17) is 0 Å². The zero-order valence-corrected chi connectivity index (χ0v) is 15.9. The SMILES string of the molecule is O=C(c1cn2ccsc2n1)N1CCC(O)(c2ccccc2)C2CCCCC21. The fraction of sp³-hybridized carbons (Fsp3) is 0.429. The van der Waals surface area contributed by atoms with Crippen LogP contribution in [-0.4, -0.2) is 37.9 Å². The molecule has 1 aliphatic carbocycles. The highest BCUT2D eigenvalue weighted by Gasteiger charge is 2.50. The Bertz CT molecular complexity index is 938. The smallest absolute Gasteiger partial charge is 0.274 e. The number of aliphatic hydroxyl groups is 1. The van der Waals surface area contributed by atoms with Crippen molar-refractivity contribution in [1.82, 2.24) is 14.3 Å². The van der Waals surface area contributed by atoms with Crippen LogP contribution in [0.5, 0.6) is 0 Å². The number of piperidine rings is 1. The van der Waals surface area contributed by atoms with Crippen molar-refractivity contribution < 1.29 is 9.90 Å². The van der Waals surface area contributed by atoms with Gasteiger partial charge in [0.2, 0.25) is 0 Å². The Morgan fingerprint density at radius 1 is 1.22 bits per heavy atom. The van der Waals surface area contributed by atoms with Crippen molar-refractivity contribution >= 4 is 22.2 Å². The van der Waals surface area contributed by atoms with Crippen molar-refractivity contribution in [1.29, 1.82) is 0 Å². The summed E-state index contributed by atoms with van der Waals surface area (Å²) < 4.78 is 1.90. The van der Waals surface area contributed by atoms with Crippen LogP contribution in [-0.2, 0) is 5.60 Å². The molecule has 5 rings (SSSR count). The number of benzene rings is 1. The summed E-state index contributed by atoms with van der Waals surface area (Å²) in [5.74, 6) is 0.0768. The minimum Gasteiger partial charge on any atom is -0.385 e. The maximum absolute atomic E-state index is 13.2. The normalized spacial score (nSPS) is 28.3. The van der Waals surface area contributed by atoms with E-state index in [2.05, 4.69) is 4.98 Å². The monoisotopic (exact) mass is 381 g/mol. The average Bonchev–Trinajstić information content (AvgIpc) is 3.31. The predicted octanol–water partition coefficient (Wildman–Crippen LogP) is 3.69. The minimum absolute atomic E-state index is 0.00193. The van der Waals surface area contributed by atoms with Crippen LogP contribution >= 0.6 is 11.3 Å². The van der Waals surface area contributed by atoms with Crippen LogP contribution in [0.2, 0.25) is 0 Å². The number of amides is 1. The predicted molar refractivity (Wildman–Crippen MR) is 105 cm³/mol. The van der Waals surface area contributed by atoms with Gasteiger partial charge in [-0.05, 0) is 24.8 Å². The van der Waals surface area contributed by atoms with Gasteiger partial charge in [0, 0.05) is 36.3 Å². The van der Waals surface area contributed by atoms with Crippen LogP contribution in [0.1, 0.15) is 48.2 Å². The lowest BCUT2D eigenvalue weighted by Gasteiger charge is -2.52. The lowest BCUT2D eigenvalue weighted by molar-refractivity contribution is -0.110. The van der Waals surface area contributed by atoms with E-state index in [-0.39, 0.29) is 17.9 Å². The number of imidazole rings is 1. The number of hydrogen-bond acceptors (Lipinski definition) is 4. The topological polar surface area (TPSA) is 57.8 Å². The lowest BCUT2D eigenvalue weighted by Crippen LogP contribution is -2.59. The summed E-state index contributed by atoms with van der Waals surface area (Å²) in [7, 11) is 0. The minimum atomic E-state index is -0.850. The molecule has 6 heteroatoms. The average molecular weight is 382 g/mol. The van der Waals surface area contributed by atoms with Crippen molar-refractivity contribution in [2.75, 3.05) is 6.54 Å². The quantitative estimate of drug-likeness (QED) is 0.737. The first-order valence-corrected chi connectivity index (χ1v) is 10.6. The van der Waals surface area contributed by atoms with Crippen molar-refractivity contribution in [3.8, 4) is 0 Å². The van der Waals surface area contributed by atoms with Crippen LogP contribution in [0.3, 0.4) is 0 Å². The number of carbonyl (C=O) groups is 1. The van der Waals surface area contributed by atoms with E-state index in [1.165, 1.54) is 11.3 Å². The van der Waals surface area contributed by atoms with Crippen molar-refractivity contribution in [3.63, 3.8) is 0 Å². The molecular formula is C21H23N3O2S. The molecule has 2 aromatic heterocycles. The van der Waals surface area contributed by atoms with Gasteiger partial charge in [0.25, 0.3) is 5.91 Å². The van der Waals surface area contributed by atoms with E-state index in [1.807, 2.05) is 57.4 Å². The van der Waals surface area contributed by atoms with E-state index in [0.29, 0.717) is 18.7 Å². The zero-order chi connectivity index (χ0) is 18.4. The van der Waals surface area contributed by atoms with Gasteiger partial charge in [-0.1, -0.05) is 43.2 Å². The molecule has 3 heterocycles. The number of nitrogens with zero attached hydrogens (tertiary/aromatic N) is 3. The highest BCUT2D eigenvalue weighted by atomic mass is 32.1. The fourth-order valence-electron chi connectivity index (χ4n) is 5.00. The lowest BCUT2D eigenvalue weighted by atomic mass is 9.66. The second-order valence-corrected chi connectivity index (χ2v) is 8.59. The molecular weight excluding hydrogens is 358 g/mol. The molecule has 0 radical (unpaired) electrons. The second kappa shape index (κ2) is 6.46. The number of hydrogen-bond donors (Lipinski definition) is 1. The van der Waals surface area contributed by atoms with Crippen LogP contribution in [0, 0.1) is 5.92 Å². The van der Waals surface area contributed by atoms with Crippen LogP contribution in [0.25, 0.3) is 4.96 Å². The molecule has 3 unspecified atom stereocenters. The standard InChI is InChI=1S/C21H23N3O2S/c25-19(17-14-23-12-13-27-20(23)22-17)24-11-10-21(26,15-6-2-1-3-7-15)16-8-4-5-9-18(16)24/h1-3,6-7,12-14,16,18,26H,4-5,8-11H2. The number of aromatic nitrogens is 2. The molecule has 0 spiro atoms. The summed E-state index contributed by atoms with van der Waals surface area (Å²) in [6, 6.07) is 10.1. The summed E-state index contributed by atoms with van der Waals surface area (Å²) in [5.41, 5.74) is 0.644. The van der Waals surface area contributed by atoms with Crippen LogP contribution < -0.4 is 0 Å². The highest BCUT2D eigenvalue weighted by molar-refractivity contribution is 7.15. The largest absolute Gasteiger partial charge is 0.385 e. The first-order valence-electron chi connectivity index (χ1n) is 9.68. The van der Waals surface area contributed by atoms with Crippen molar-refractivity contribution in [3.05, 3.63) is 59.4 Å². The molecule has 1 saturated heterocycles. The molecule has 1 saturated carbocycles. The van der Waals surface area contributed by atoms with Gasteiger partial charge >= 0.3 is 0 Å². The number of likely N-dealkylation sites (tertiary alicyclic amines) is 1. The zero-order valence-electron chi connectivity index (χ0n) is 15.1. The first-order chi connectivity index (χ1) is 13.2. The van der Waals surface area contributed by atoms with Gasteiger partial charge in [-0.15, -0.1) is 11.3 Å². The van der Waals surface area contributed by atoms with Crippen molar-refractivity contribution in [2.45, 2.75) is 43.7 Å². The first kappa shape index (κ1) is 17.0. The summed E-state index contributed by atoms with van der Waals surface area (Å²) >= 11 is 1.53. The Morgan fingerprint density at radius 3 is 2.85 bits per heavy atom. The Balaban J connectivity index is 1.47. The third-order valence-corrected chi connectivity index (χ3v) is 7.09. The molecule has 5 nitrogen and oxygen atoms in total. The second-order valence-electron chi connectivity index (χ2n) is 7.72. The molecule has 2 fully saturated rings. The van der Waals surface area contributed by atoms with Gasteiger partial charge in [0.15, 0.2) is 4.96 Å².